The second-order valence-corrected chi connectivity index (χ2v) is 9.43. The minimum atomic E-state index is -0.805. The van der Waals surface area contributed by atoms with Gasteiger partial charge in [-0.05, 0) is 75.5 Å². The molecule has 2 saturated heterocycles. The van der Waals surface area contributed by atoms with Crippen LogP contribution in [0, 0.1) is 17.8 Å². The average Bonchev–Trinajstić information content (AvgIpc) is 3.17. The van der Waals surface area contributed by atoms with Crippen LogP contribution < -0.4 is 0 Å². The summed E-state index contributed by atoms with van der Waals surface area (Å²) in [7, 11) is 0. The van der Waals surface area contributed by atoms with Crippen LogP contribution in [0.2, 0.25) is 0 Å². The number of hydrogen-bond acceptors (Lipinski definition) is 6. The highest BCUT2D eigenvalue weighted by Gasteiger charge is 2.64. The number of ether oxygens (including phenoxy) is 2. The van der Waals surface area contributed by atoms with Crippen LogP contribution in [0.1, 0.15) is 64.2 Å². The molecule has 0 bridgehead atoms. The van der Waals surface area contributed by atoms with Gasteiger partial charge in [0.05, 0.1) is 25.4 Å². The largest absolute Gasteiger partial charge is 0.393 e. The minimum Gasteiger partial charge on any atom is -0.393 e. The zero-order valence-electron chi connectivity index (χ0n) is 16.2. The van der Waals surface area contributed by atoms with Gasteiger partial charge in [0.25, 0.3) is 0 Å². The summed E-state index contributed by atoms with van der Waals surface area (Å²) >= 11 is 0. The van der Waals surface area contributed by atoms with E-state index in [4.69, 9.17) is 9.47 Å². The van der Waals surface area contributed by atoms with Crippen LogP contribution in [0.15, 0.2) is 0 Å². The van der Waals surface area contributed by atoms with Crippen molar-refractivity contribution in [2.24, 2.45) is 17.8 Å². The van der Waals surface area contributed by atoms with Gasteiger partial charge < -0.3 is 29.9 Å². The van der Waals surface area contributed by atoms with Gasteiger partial charge >= 0.3 is 0 Å². The molecular formula is C21H36O6. The molecule has 4 N–H and O–H groups in total. The molecule has 1 unspecified atom stereocenters. The Morgan fingerprint density at radius 2 is 1.44 bits per heavy atom. The average molecular weight is 385 g/mol. The number of aliphatic hydroxyl groups excluding tert-OH is 4. The van der Waals surface area contributed by atoms with E-state index in [1.807, 2.05) is 0 Å². The summed E-state index contributed by atoms with van der Waals surface area (Å²) < 4.78 is 12.0. The lowest BCUT2D eigenvalue weighted by Gasteiger charge is -2.45. The van der Waals surface area contributed by atoms with Gasteiger partial charge in [0.1, 0.15) is 23.9 Å². The van der Waals surface area contributed by atoms with Crippen LogP contribution >= 0.6 is 0 Å². The molecule has 4 aliphatic rings. The van der Waals surface area contributed by atoms with Gasteiger partial charge in [-0.3, -0.25) is 0 Å². The summed E-state index contributed by atoms with van der Waals surface area (Å²) in [5.41, 5.74) is -0.805. The molecule has 27 heavy (non-hydrogen) atoms. The first-order valence-corrected chi connectivity index (χ1v) is 11.0. The molecule has 6 heteroatoms. The molecule has 0 aromatic heterocycles. The SMILES string of the molecule is OC1CCC(CCC(C2CCC(O)CC2)[C@]23OC[C@@H](O)[C@H]2OC[C@@H]3O)CC1. The Balaban J connectivity index is 1.51. The third-order valence-electron chi connectivity index (χ3n) is 7.84. The van der Waals surface area contributed by atoms with E-state index in [9.17, 15) is 20.4 Å². The zero-order valence-corrected chi connectivity index (χ0v) is 16.2. The molecule has 0 radical (unpaired) electrons. The molecule has 0 aromatic rings. The zero-order chi connectivity index (χ0) is 19.0. The Morgan fingerprint density at radius 1 is 0.815 bits per heavy atom. The van der Waals surface area contributed by atoms with Crippen LogP contribution in [0.3, 0.4) is 0 Å². The molecular weight excluding hydrogens is 348 g/mol. The van der Waals surface area contributed by atoms with Crippen LogP contribution in [-0.2, 0) is 9.47 Å². The van der Waals surface area contributed by atoms with Crippen molar-refractivity contribution in [1.82, 2.24) is 0 Å². The number of aliphatic hydroxyl groups is 4. The first kappa shape index (κ1) is 20.0. The van der Waals surface area contributed by atoms with Crippen molar-refractivity contribution in [3.63, 3.8) is 0 Å². The fourth-order valence-corrected chi connectivity index (χ4v) is 6.30. The monoisotopic (exact) mass is 384 g/mol. The fraction of sp³-hybridized carbons (Fsp3) is 1.00. The predicted molar refractivity (Wildman–Crippen MR) is 99.1 cm³/mol. The summed E-state index contributed by atoms with van der Waals surface area (Å²) in [6, 6.07) is 0. The molecule has 0 spiro atoms. The lowest BCUT2D eigenvalue weighted by atomic mass is 9.65. The van der Waals surface area contributed by atoms with Crippen LogP contribution in [0.25, 0.3) is 0 Å². The molecule has 2 aliphatic carbocycles. The number of hydrogen-bond donors (Lipinski definition) is 4. The Bertz CT molecular complexity index is 485. The standard InChI is InChI=1S/C21H36O6/c22-15-6-1-13(2-7-15)3-10-17(14-4-8-16(23)9-5-14)21-19(25)12-26-20(21)18(24)11-27-21/h13-20,22-25H,1-12H2/t13?,14?,15?,16?,17?,18-,19+,20-,21-/m1/s1. The molecule has 2 saturated carbocycles. The maximum atomic E-state index is 10.8. The van der Waals surface area contributed by atoms with Crippen molar-refractivity contribution in [3.05, 3.63) is 0 Å². The molecule has 5 atom stereocenters. The predicted octanol–water partition coefficient (Wildman–Crippen LogP) is 1.37. The highest BCUT2D eigenvalue weighted by Crippen LogP contribution is 2.51. The van der Waals surface area contributed by atoms with E-state index in [1.165, 1.54) is 0 Å². The summed E-state index contributed by atoms with van der Waals surface area (Å²) in [6.07, 6.45) is 7.23. The third kappa shape index (κ3) is 3.81. The van der Waals surface area contributed by atoms with Crippen molar-refractivity contribution in [1.29, 1.82) is 0 Å². The van der Waals surface area contributed by atoms with E-state index in [0.29, 0.717) is 11.8 Å². The van der Waals surface area contributed by atoms with E-state index in [0.717, 1.165) is 64.2 Å². The second kappa shape index (κ2) is 8.25. The second-order valence-electron chi connectivity index (χ2n) is 9.43. The topological polar surface area (TPSA) is 99.4 Å². The van der Waals surface area contributed by atoms with Crippen molar-refractivity contribution in [2.75, 3.05) is 13.2 Å². The maximum absolute atomic E-state index is 10.8. The van der Waals surface area contributed by atoms with Crippen molar-refractivity contribution < 1.29 is 29.9 Å². The van der Waals surface area contributed by atoms with Gasteiger partial charge in [-0.1, -0.05) is 6.42 Å². The lowest BCUT2D eigenvalue weighted by Crippen LogP contribution is -2.55. The smallest absolute Gasteiger partial charge is 0.128 e. The molecule has 156 valence electrons. The summed E-state index contributed by atoms with van der Waals surface area (Å²) in [4.78, 5) is 0. The molecule has 4 fully saturated rings. The molecule has 6 nitrogen and oxygen atoms in total. The Morgan fingerprint density at radius 3 is 2.11 bits per heavy atom. The van der Waals surface area contributed by atoms with E-state index in [1.54, 1.807) is 0 Å². The number of fused-ring (bicyclic) bond motifs is 1. The molecule has 2 aliphatic heterocycles. The summed E-state index contributed by atoms with van der Waals surface area (Å²) in [6.45, 7) is 0.451. The van der Waals surface area contributed by atoms with Crippen molar-refractivity contribution in [2.45, 2.75) is 100 Å². The first-order chi connectivity index (χ1) is 13.0. The summed E-state index contributed by atoms with van der Waals surface area (Å²) in [5.74, 6) is 1.13. The first-order valence-electron chi connectivity index (χ1n) is 11.0. The highest BCUT2D eigenvalue weighted by atomic mass is 16.6. The molecule has 2 heterocycles. The van der Waals surface area contributed by atoms with Gasteiger partial charge in [-0.15, -0.1) is 0 Å². The van der Waals surface area contributed by atoms with Gasteiger partial charge in [0, 0.05) is 0 Å². The third-order valence-corrected chi connectivity index (χ3v) is 7.84. The van der Waals surface area contributed by atoms with Gasteiger partial charge in [-0.25, -0.2) is 0 Å². The maximum Gasteiger partial charge on any atom is 0.128 e. The van der Waals surface area contributed by atoms with Gasteiger partial charge in [0.2, 0.25) is 0 Å². The van der Waals surface area contributed by atoms with Gasteiger partial charge in [-0.2, -0.15) is 0 Å². The minimum absolute atomic E-state index is 0.136. The molecule has 0 aromatic carbocycles. The summed E-state index contributed by atoms with van der Waals surface area (Å²) in [5, 5.41) is 41.0. The quantitative estimate of drug-likeness (QED) is 0.571. The van der Waals surface area contributed by atoms with Crippen LogP contribution in [0.5, 0.6) is 0 Å². The van der Waals surface area contributed by atoms with Gasteiger partial charge in [0.15, 0.2) is 0 Å². The Kier molecular flexibility index (Phi) is 6.12. The Labute approximate surface area is 161 Å². The van der Waals surface area contributed by atoms with E-state index >= 15 is 0 Å². The number of rotatable bonds is 5. The Hall–Kier alpha value is -0.240. The van der Waals surface area contributed by atoms with Crippen LogP contribution in [0.4, 0.5) is 0 Å². The van der Waals surface area contributed by atoms with E-state index in [2.05, 4.69) is 0 Å². The van der Waals surface area contributed by atoms with Crippen molar-refractivity contribution in [3.8, 4) is 0 Å². The van der Waals surface area contributed by atoms with E-state index < -0.39 is 23.9 Å². The highest BCUT2D eigenvalue weighted by molar-refractivity contribution is 5.12. The molecule has 4 rings (SSSR count). The van der Waals surface area contributed by atoms with Crippen molar-refractivity contribution >= 4 is 0 Å². The molecule has 0 amide bonds. The van der Waals surface area contributed by atoms with Crippen LogP contribution in [-0.4, -0.2) is 69.8 Å². The van der Waals surface area contributed by atoms with E-state index in [-0.39, 0.29) is 31.3 Å². The normalized spacial score (nSPS) is 49.1. The lowest BCUT2D eigenvalue weighted by molar-refractivity contribution is -0.139. The fourth-order valence-electron chi connectivity index (χ4n) is 6.30.